The van der Waals surface area contributed by atoms with Gasteiger partial charge in [-0.1, -0.05) is 52.9 Å². The molecule has 1 heteroatoms. The third-order valence-electron chi connectivity index (χ3n) is 3.03. The molecule has 0 atom stereocenters. The van der Waals surface area contributed by atoms with Crippen LogP contribution in [0.4, 0.5) is 0 Å². The number of rotatable bonds is 6. The Bertz CT molecular complexity index is 106. The molecule has 1 saturated heterocycles. The minimum Gasteiger partial charge on any atom is -0.303 e. The molecule has 1 heterocycles. The zero-order valence-electron chi connectivity index (χ0n) is 11.2. The average Bonchev–Trinajstić information content (AvgIpc) is 2.33. The third kappa shape index (κ3) is 8.92. The molecule has 0 saturated carbocycles. The summed E-state index contributed by atoms with van der Waals surface area (Å²) in [6, 6.07) is 0. The summed E-state index contributed by atoms with van der Waals surface area (Å²) in [7, 11) is 0. The summed E-state index contributed by atoms with van der Waals surface area (Å²) < 4.78 is 0. The molecule has 0 spiro atoms. The fourth-order valence-corrected chi connectivity index (χ4v) is 2.12. The fraction of sp³-hybridized carbons (Fsp3) is 1.00. The lowest BCUT2D eigenvalue weighted by molar-refractivity contribution is 0.224. The van der Waals surface area contributed by atoms with Gasteiger partial charge in [-0.3, -0.25) is 0 Å². The van der Waals surface area contributed by atoms with Gasteiger partial charge in [0.05, 0.1) is 0 Å². The van der Waals surface area contributed by atoms with Crippen LogP contribution in [-0.4, -0.2) is 24.5 Å². The van der Waals surface area contributed by atoms with Crippen molar-refractivity contribution in [3.63, 3.8) is 0 Å². The highest BCUT2D eigenvalue weighted by Crippen LogP contribution is 2.10. The highest BCUT2D eigenvalue weighted by Gasteiger charge is 2.08. The van der Waals surface area contributed by atoms with Gasteiger partial charge in [0.15, 0.2) is 0 Å². The lowest BCUT2D eigenvalue weighted by Gasteiger charge is -2.26. The molecule has 1 aliphatic rings. The first-order valence-corrected chi connectivity index (χ1v) is 7.16. The van der Waals surface area contributed by atoms with Gasteiger partial charge >= 0.3 is 0 Å². The molecule has 1 fully saturated rings. The Morgan fingerprint density at radius 1 is 0.800 bits per heavy atom. The second-order valence-electron chi connectivity index (χ2n) is 4.32. The minimum atomic E-state index is 1.36. The predicted octanol–water partition coefficient (Wildman–Crippen LogP) is 4.47. The second kappa shape index (κ2) is 12.0. The maximum Gasteiger partial charge on any atom is -0.00187 e. The Hall–Kier alpha value is -0.0400. The van der Waals surface area contributed by atoms with E-state index in [4.69, 9.17) is 0 Å². The summed E-state index contributed by atoms with van der Waals surface area (Å²) in [5, 5.41) is 0. The van der Waals surface area contributed by atoms with Crippen molar-refractivity contribution in [3.05, 3.63) is 0 Å². The number of piperidine rings is 1. The molecule has 1 rings (SSSR count). The predicted molar refractivity (Wildman–Crippen MR) is 70.4 cm³/mol. The van der Waals surface area contributed by atoms with Crippen molar-refractivity contribution < 1.29 is 0 Å². The minimum absolute atomic E-state index is 1.36. The van der Waals surface area contributed by atoms with Crippen LogP contribution in [0.15, 0.2) is 0 Å². The Balaban J connectivity index is 0.000000921. The number of hydrogen-bond acceptors (Lipinski definition) is 1. The Kier molecular flexibility index (Phi) is 12.0. The maximum atomic E-state index is 2.65. The molecule has 0 bridgehead atoms. The summed E-state index contributed by atoms with van der Waals surface area (Å²) in [6.07, 6.45) is 11.5. The molecule has 92 valence electrons. The molecule has 1 aliphatic heterocycles. The lowest BCUT2D eigenvalue weighted by atomic mass is 10.1. The van der Waals surface area contributed by atoms with Crippen LogP contribution in [0.2, 0.25) is 0 Å². The van der Waals surface area contributed by atoms with Gasteiger partial charge in [-0.05, 0) is 38.9 Å². The maximum absolute atomic E-state index is 2.65. The van der Waals surface area contributed by atoms with Gasteiger partial charge in [-0.2, -0.15) is 0 Å². The third-order valence-corrected chi connectivity index (χ3v) is 3.03. The van der Waals surface area contributed by atoms with Gasteiger partial charge in [0, 0.05) is 0 Å². The normalized spacial score (nSPS) is 17.0. The summed E-state index contributed by atoms with van der Waals surface area (Å²) in [5.74, 6) is 0. The fourth-order valence-electron chi connectivity index (χ4n) is 2.12. The highest BCUT2D eigenvalue weighted by atomic mass is 15.1. The first-order chi connectivity index (χ1) is 7.43. The molecule has 0 unspecified atom stereocenters. The van der Waals surface area contributed by atoms with Crippen molar-refractivity contribution in [1.82, 2.24) is 4.90 Å². The van der Waals surface area contributed by atoms with Crippen molar-refractivity contribution in [2.45, 2.75) is 72.1 Å². The molecule has 0 aromatic carbocycles. The summed E-state index contributed by atoms with van der Waals surface area (Å²) in [4.78, 5) is 2.65. The van der Waals surface area contributed by atoms with E-state index < -0.39 is 0 Å². The van der Waals surface area contributed by atoms with Crippen LogP contribution >= 0.6 is 0 Å². The number of hydrogen-bond donors (Lipinski definition) is 0. The molecule has 15 heavy (non-hydrogen) atoms. The van der Waals surface area contributed by atoms with E-state index in [0.717, 1.165) is 0 Å². The van der Waals surface area contributed by atoms with E-state index in [2.05, 4.69) is 11.8 Å². The average molecular weight is 213 g/mol. The van der Waals surface area contributed by atoms with Crippen LogP contribution in [-0.2, 0) is 0 Å². The summed E-state index contributed by atoms with van der Waals surface area (Å²) in [6.45, 7) is 10.4. The van der Waals surface area contributed by atoms with Gasteiger partial charge in [0.2, 0.25) is 0 Å². The lowest BCUT2D eigenvalue weighted by Crippen LogP contribution is -2.30. The molecule has 0 aliphatic carbocycles. The molecule has 0 aromatic heterocycles. The topological polar surface area (TPSA) is 3.24 Å². The quantitative estimate of drug-likeness (QED) is 0.588. The van der Waals surface area contributed by atoms with E-state index in [9.17, 15) is 0 Å². The zero-order valence-corrected chi connectivity index (χ0v) is 11.2. The van der Waals surface area contributed by atoms with Crippen LogP contribution in [0, 0.1) is 0 Å². The van der Waals surface area contributed by atoms with Crippen LogP contribution < -0.4 is 0 Å². The van der Waals surface area contributed by atoms with Gasteiger partial charge < -0.3 is 4.90 Å². The second-order valence-corrected chi connectivity index (χ2v) is 4.32. The first kappa shape index (κ1) is 15.0. The van der Waals surface area contributed by atoms with Crippen LogP contribution in [0.25, 0.3) is 0 Å². The summed E-state index contributed by atoms with van der Waals surface area (Å²) in [5.41, 5.74) is 0. The van der Waals surface area contributed by atoms with Crippen LogP contribution in [0.5, 0.6) is 0 Å². The van der Waals surface area contributed by atoms with Gasteiger partial charge in [0.1, 0.15) is 0 Å². The van der Waals surface area contributed by atoms with Crippen molar-refractivity contribution in [2.75, 3.05) is 19.6 Å². The zero-order chi connectivity index (χ0) is 11.4. The van der Waals surface area contributed by atoms with Crippen molar-refractivity contribution in [2.24, 2.45) is 0 Å². The molecule has 0 N–H and O–H groups in total. The van der Waals surface area contributed by atoms with Crippen molar-refractivity contribution in [3.8, 4) is 0 Å². The van der Waals surface area contributed by atoms with E-state index in [1.807, 2.05) is 13.8 Å². The standard InChI is InChI=1S/C12H25N.C2H6/c1-2-3-4-5-7-10-13-11-8-6-9-12-13;1-2/h2-12H2,1H3;1-2H3. The van der Waals surface area contributed by atoms with Crippen molar-refractivity contribution >= 4 is 0 Å². The molecular formula is C14H31N. The van der Waals surface area contributed by atoms with E-state index >= 15 is 0 Å². The molecule has 0 amide bonds. The largest absolute Gasteiger partial charge is 0.303 e. The number of unbranched alkanes of at least 4 members (excludes halogenated alkanes) is 4. The van der Waals surface area contributed by atoms with Gasteiger partial charge in [-0.15, -0.1) is 0 Å². The Morgan fingerprint density at radius 3 is 2.00 bits per heavy atom. The Labute approximate surface area is 97.2 Å². The molecule has 0 radical (unpaired) electrons. The van der Waals surface area contributed by atoms with Crippen LogP contribution in [0.1, 0.15) is 72.1 Å². The first-order valence-electron chi connectivity index (χ1n) is 7.16. The highest BCUT2D eigenvalue weighted by molar-refractivity contribution is 4.64. The van der Waals surface area contributed by atoms with E-state index in [1.54, 1.807) is 0 Å². The molecule has 0 aromatic rings. The van der Waals surface area contributed by atoms with Gasteiger partial charge in [0.25, 0.3) is 0 Å². The molecule has 1 nitrogen and oxygen atoms in total. The SMILES string of the molecule is CC.CCCCCCCN1CCCCC1. The van der Waals surface area contributed by atoms with Crippen molar-refractivity contribution in [1.29, 1.82) is 0 Å². The van der Waals surface area contributed by atoms with E-state index in [-0.39, 0.29) is 0 Å². The Morgan fingerprint density at radius 2 is 1.40 bits per heavy atom. The monoisotopic (exact) mass is 213 g/mol. The number of likely N-dealkylation sites (tertiary alicyclic amines) is 1. The van der Waals surface area contributed by atoms with Gasteiger partial charge in [-0.25, -0.2) is 0 Å². The number of nitrogens with zero attached hydrogens (tertiary/aromatic N) is 1. The van der Waals surface area contributed by atoms with E-state index in [0.29, 0.717) is 0 Å². The van der Waals surface area contributed by atoms with E-state index in [1.165, 1.54) is 71.0 Å². The summed E-state index contributed by atoms with van der Waals surface area (Å²) >= 11 is 0. The smallest absolute Gasteiger partial charge is 0.00187 e. The molecular weight excluding hydrogens is 182 g/mol. The van der Waals surface area contributed by atoms with Crippen LogP contribution in [0.3, 0.4) is 0 Å².